The first-order chi connectivity index (χ1) is 8.51. The van der Waals surface area contributed by atoms with Crippen molar-refractivity contribution in [2.45, 2.75) is 46.6 Å². The van der Waals surface area contributed by atoms with E-state index in [0.29, 0.717) is 25.2 Å². The molecular formula is C13H25O4Si. The number of hydrogen-bond donors (Lipinski definition) is 1. The summed E-state index contributed by atoms with van der Waals surface area (Å²) in [6, 6.07) is 3.02. The van der Waals surface area contributed by atoms with Crippen LogP contribution in [0.3, 0.4) is 0 Å². The summed E-state index contributed by atoms with van der Waals surface area (Å²) in [7, 11) is -2.17. The molecule has 0 aromatic rings. The summed E-state index contributed by atoms with van der Waals surface area (Å²) < 4.78 is 11.6. The van der Waals surface area contributed by atoms with Crippen molar-refractivity contribution < 1.29 is 18.8 Å². The maximum atomic E-state index is 10.6. The summed E-state index contributed by atoms with van der Waals surface area (Å²) in [5, 5.41) is 8.74. The largest absolute Gasteiger partial charge is 0.478 e. The third-order valence-electron chi connectivity index (χ3n) is 2.68. The van der Waals surface area contributed by atoms with Crippen molar-refractivity contribution in [1.82, 2.24) is 0 Å². The minimum Gasteiger partial charge on any atom is -0.478 e. The summed E-state index contributed by atoms with van der Waals surface area (Å²) >= 11 is 0. The number of carboxylic acids is 1. The zero-order chi connectivity index (χ0) is 14.0. The lowest BCUT2D eigenvalue weighted by Gasteiger charge is -2.28. The third kappa shape index (κ3) is 6.33. The fraction of sp³-hybridized carbons (Fsp3) is 0.692. The lowest BCUT2D eigenvalue weighted by molar-refractivity contribution is -0.132. The fourth-order valence-electron chi connectivity index (χ4n) is 1.69. The normalized spacial score (nSPS) is 12.8. The maximum Gasteiger partial charge on any atom is 0.341 e. The second-order valence-electron chi connectivity index (χ2n) is 4.01. The van der Waals surface area contributed by atoms with Gasteiger partial charge in [0.15, 0.2) is 0 Å². The standard InChI is InChI=1S/C13H25O4Si/c1-5-16-18(7-3,17-6-2)11-9-8-10-12(4)13(14)15/h10-11H,5-9H2,1-4H3,(H,14,15). The van der Waals surface area contributed by atoms with Crippen LogP contribution in [0.2, 0.25) is 6.04 Å². The van der Waals surface area contributed by atoms with Crippen LogP contribution in [0, 0.1) is 6.04 Å². The van der Waals surface area contributed by atoms with Gasteiger partial charge in [-0.15, -0.1) is 0 Å². The highest BCUT2D eigenvalue weighted by molar-refractivity contribution is 6.71. The van der Waals surface area contributed by atoms with Gasteiger partial charge in [0.1, 0.15) is 0 Å². The third-order valence-corrected chi connectivity index (χ3v) is 6.13. The smallest absolute Gasteiger partial charge is 0.341 e. The van der Waals surface area contributed by atoms with Crippen LogP contribution in [0.4, 0.5) is 0 Å². The minimum atomic E-state index is -2.17. The average Bonchev–Trinajstić information content (AvgIpc) is 2.34. The molecule has 0 unspecified atom stereocenters. The SMILES string of the molecule is CCO[Si]([CH]CCC=C(C)C(=O)O)(CC)OCC. The predicted octanol–water partition coefficient (Wildman–Crippen LogP) is 3.08. The molecule has 0 aliphatic heterocycles. The van der Waals surface area contributed by atoms with Crippen molar-refractivity contribution in [2.24, 2.45) is 0 Å². The van der Waals surface area contributed by atoms with E-state index >= 15 is 0 Å². The number of rotatable bonds is 10. The van der Waals surface area contributed by atoms with E-state index in [1.807, 2.05) is 13.8 Å². The lowest BCUT2D eigenvalue weighted by atomic mass is 10.2. The van der Waals surface area contributed by atoms with Crippen LogP contribution in [-0.2, 0) is 13.6 Å². The van der Waals surface area contributed by atoms with E-state index in [2.05, 4.69) is 13.0 Å². The molecule has 5 heteroatoms. The Morgan fingerprint density at radius 2 is 1.72 bits per heavy atom. The van der Waals surface area contributed by atoms with Crippen molar-refractivity contribution >= 4 is 14.5 Å². The van der Waals surface area contributed by atoms with Crippen LogP contribution in [-0.4, -0.2) is 32.9 Å². The molecule has 0 aliphatic carbocycles. The Labute approximate surface area is 111 Å². The van der Waals surface area contributed by atoms with Crippen LogP contribution in [0.5, 0.6) is 0 Å². The molecule has 1 radical (unpaired) electrons. The van der Waals surface area contributed by atoms with E-state index < -0.39 is 14.5 Å². The fourth-order valence-corrected chi connectivity index (χ4v) is 4.29. The van der Waals surface area contributed by atoms with E-state index in [4.69, 9.17) is 14.0 Å². The van der Waals surface area contributed by atoms with Gasteiger partial charge in [-0.25, -0.2) is 4.79 Å². The number of hydrogen-bond acceptors (Lipinski definition) is 3. The quantitative estimate of drug-likeness (QED) is 0.377. The molecule has 0 fully saturated rings. The van der Waals surface area contributed by atoms with Crippen molar-refractivity contribution in [2.75, 3.05) is 13.2 Å². The topological polar surface area (TPSA) is 55.8 Å². The van der Waals surface area contributed by atoms with E-state index in [9.17, 15) is 4.79 Å². The Balaban J connectivity index is 4.26. The van der Waals surface area contributed by atoms with Gasteiger partial charge in [0.05, 0.1) is 0 Å². The predicted molar refractivity (Wildman–Crippen MR) is 74.4 cm³/mol. The monoisotopic (exact) mass is 273 g/mol. The maximum absolute atomic E-state index is 10.6. The van der Waals surface area contributed by atoms with Crippen LogP contribution in [0.1, 0.15) is 40.5 Å². The van der Waals surface area contributed by atoms with Crippen LogP contribution >= 0.6 is 0 Å². The highest BCUT2D eigenvalue weighted by atomic mass is 28.4. The zero-order valence-electron chi connectivity index (χ0n) is 11.9. The van der Waals surface area contributed by atoms with Gasteiger partial charge in [0.2, 0.25) is 0 Å². The van der Waals surface area contributed by atoms with Gasteiger partial charge in [0, 0.05) is 24.8 Å². The minimum absolute atomic E-state index is 0.389. The molecule has 0 spiro atoms. The Hall–Kier alpha value is -0.653. The molecule has 0 aromatic carbocycles. The molecule has 0 amide bonds. The van der Waals surface area contributed by atoms with E-state index in [1.54, 1.807) is 13.0 Å². The second-order valence-corrected chi connectivity index (χ2v) is 7.32. The first-order valence-corrected chi connectivity index (χ1v) is 8.63. The Morgan fingerprint density at radius 1 is 1.17 bits per heavy atom. The summed E-state index contributed by atoms with van der Waals surface area (Å²) in [4.78, 5) is 10.6. The Kier molecular flexibility index (Phi) is 8.96. The number of aliphatic carboxylic acids is 1. The van der Waals surface area contributed by atoms with Crippen LogP contribution in [0.25, 0.3) is 0 Å². The summed E-state index contributed by atoms with van der Waals surface area (Å²) in [6.45, 7) is 8.93. The molecule has 0 aliphatic rings. The van der Waals surface area contributed by atoms with Crippen molar-refractivity contribution in [3.63, 3.8) is 0 Å². The van der Waals surface area contributed by atoms with Gasteiger partial charge in [-0.2, -0.15) is 0 Å². The number of allylic oxidation sites excluding steroid dienone is 1. The van der Waals surface area contributed by atoms with E-state index in [1.165, 1.54) is 0 Å². The summed E-state index contributed by atoms with van der Waals surface area (Å²) in [5.74, 6) is -0.858. The molecule has 0 heterocycles. The van der Waals surface area contributed by atoms with Crippen LogP contribution in [0.15, 0.2) is 11.6 Å². The molecule has 0 saturated heterocycles. The number of unbranched alkanes of at least 4 members (excludes halogenated alkanes) is 1. The van der Waals surface area contributed by atoms with Crippen molar-refractivity contribution in [1.29, 1.82) is 0 Å². The molecule has 105 valence electrons. The molecule has 1 N–H and O–H groups in total. The van der Waals surface area contributed by atoms with Gasteiger partial charge in [-0.3, -0.25) is 0 Å². The highest BCUT2D eigenvalue weighted by Gasteiger charge is 2.34. The Bertz CT molecular complexity index is 270. The second kappa shape index (κ2) is 9.30. The molecule has 0 bridgehead atoms. The van der Waals surface area contributed by atoms with Gasteiger partial charge in [-0.05, 0) is 39.7 Å². The van der Waals surface area contributed by atoms with E-state index in [-0.39, 0.29) is 0 Å². The van der Waals surface area contributed by atoms with Gasteiger partial charge in [-0.1, -0.05) is 13.0 Å². The molecule has 18 heavy (non-hydrogen) atoms. The average molecular weight is 273 g/mol. The molecule has 0 atom stereocenters. The molecule has 4 nitrogen and oxygen atoms in total. The number of carboxylic acid groups (broad SMARTS) is 1. The van der Waals surface area contributed by atoms with E-state index in [0.717, 1.165) is 12.5 Å². The lowest BCUT2D eigenvalue weighted by Crippen LogP contribution is -2.42. The summed E-state index contributed by atoms with van der Waals surface area (Å²) in [5.41, 5.74) is 0.389. The molecular weight excluding hydrogens is 248 g/mol. The van der Waals surface area contributed by atoms with Crippen molar-refractivity contribution in [3.8, 4) is 0 Å². The molecule has 0 aromatic heterocycles. The number of carbonyl (C=O) groups is 1. The van der Waals surface area contributed by atoms with Gasteiger partial charge < -0.3 is 14.0 Å². The molecule has 0 saturated carbocycles. The van der Waals surface area contributed by atoms with Crippen LogP contribution < -0.4 is 0 Å². The van der Waals surface area contributed by atoms with Gasteiger partial charge >= 0.3 is 14.5 Å². The van der Waals surface area contributed by atoms with Crippen molar-refractivity contribution in [3.05, 3.63) is 17.7 Å². The first-order valence-electron chi connectivity index (χ1n) is 6.53. The molecule has 0 rings (SSSR count). The zero-order valence-corrected chi connectivity index (χ0v) is 12.9. The van der Waals surface area contributed by atoms with Gasteiger partial charge in [0.25, 0.3) is 0 Å². The first kappa shape index (κ1) is 17.3. The highest BCUT2D eigenvalue weighted by Crippen LogP contribution is 2.20. The summed E-state index contributed by atoms with van der Waals surface area (Å²) in [6.07, 6.45) is 3.25. The Morgan fingerprint density at radius 3 is 2.11 bits per heavy atom.